The lowest BCUT2D eigenvalue weighted by Gasteiger charge is -2.32. The van der Waals surface area contributed by atoms with E-state index in [4.69, 9.17) is 5.73 Å². The first-order chi connectivity index (χ1) is 10.1. The molecular formula is C18H26N2O. The van der Waals surface area contributed by atoms with Crippen LogP contribution in [0, 0.1) is 0 Å². The topological polar surface area (TPSA) is 46.3 Å². The lowest BCUT2D eigenvalue weighted by molar-refractivity contribution is -0.131. The average Bonchev–Trinajstić information content (AvgIpc) is 3.06. The third kappa shape index (κ3) is 2.71. The molecule has 1 aliphatic carbocycles. The molecule has 2 N–H and O–H groups in total. The zero-order valence-electron chi connectivity index (χ0n) is 13.1. The largest absolute Gasteiger partial charge is 0.331 e. The molecule has 1 amide bonds. The van der Waals surface area contributed by atoms with Gasteiger partial charge in [0.2, 0.25) is 5.91 Å². The second-order valence-electron chi connectivity index (χ2n) is 6.87. The number of nitrogens with zero attached hydrogens (tertiary/aromatic N) is 1. The molecule has 1 aromatic rings. The first-order valence-corrected chi connectivity index (χ1v) is 8.24. The third-order valence-corrected chi connectivity index (χ3v) is 5.07. The molecule has 0 radical (unpaired) electrons. The van der Waals surface area contributed by atoms with Crippen LogP contribution in [-0.2, 0) is 4.79 Å². The van der Waals surface area contributed by atoms with Crippen molar-refractivity contribution in [3.05, 3.63) is 35.4 Å². The molecule has 0 spiro atoms. The highest BCUT2D eigenvalue weighted by Crippen LogP contribution is 2.38. The van der Waals surface area contributed by atoms with Gasteiger partial charge in [0, 0.05) is 18.5 Å². The highest BCUT2D eigenvalue weighted by atomic mass is 16.2. The molecule has 3 heteroatoms. The minimum absolute atomic E-state index is 0.0667. The highest BCUT2D eigenvalue weighted by Gasteiger charge is 2.42. The summed E-state index contributed by atoms with van der Waals surface area (Å²) in [7, 11) is 0. The molecule has 3 rings (SSSR count). The Morgan fingerprint density at radius 3 is 2.33 bits per heavy atom. The molecule has 0 bridgehead atoms. The van der Waals surface area contributed by atoms with E-state index in [0.717, 1.165) is 12.8 Å². The normalized spacial score (nSPS) is 27.0. The van der Waals surface area contributed by atoms with Crippen LogP contribution in [0.1, 0.15) is 69.0 Å². The van der Waals surface area contributed by atoms with Crippen molar-refractivity contribution in [3.63, 3.8) is 0 Å². The number of carbonyl (C=O) groups is 1. The highest BCUT2D eigenvalue weighted by molar-refractivity contribution is 5.80. The SMILES string of the molecule is CC(C)c1ccc(C2C(N)CC(=O)N2C2CCCC2)cc1. The number of carbonyl (C=O) groups excluding carboxylic acids is 1. The van der Waals surface area contributed by atoms with Crippen LogP contribution < -0.4 is 5.73 Å². The quantitative estimate of drug-likeness (QED) is 0.926. The lowest BCUT2D eigenvalue weighted by atomic mass is 9.95. The van der Waals surface area contributed by atoms with E-state index >= 15 is 0 Å². The summed E-state index contributed by atoms with van der Waals surface area (Å²) in [4.78, 5) is 14.5. The van der Waals surface area contributed by atoms with E-state index in [0.29, 0.717) is 18.4 Å². The van der Waals surface area contributed by atoms with Crippen LogP contribution in [0.25, 0.3) is 0 Å². The van der Waals surface area contributed by atoms with Crippen molar-refractivity contribution in [1.82, 2.24) is 4.90 Å². The number of benzene rings is 1. The van der Waals surface area contributed by atoms with Crippen LogP contribution >= 0.6 is 0 Å². The fourth-order valence-corrected chi connectivity index (χ4v) is 3.88. The van der Waals surface area contributed by atoms with E-state index in [9.17, 15) is 4.79 Å². The number of hydrogen-bond acceptors (Lipinski definition) is 2. The molecule has 0 aromatic heterocycles. The van der Waals surface area contributed by atoms with Crippen molar-refractivity contribution in [2.75, 3.05) is 0 Å². The Balaban J connectivity index is 1.88. The van der Waals surface area contributed by atoms with E-state index in [1.807, 2.05) is 0 Å². The molecule has 1 aromatic carbocycles. The van der Waals surface area contributed by atoms with Crippen molar-refractivity contribution in [2.45, 2.75) is 70.0 Å². The van der Waals surface area contributed by atoms with Gasteiger partial charge in [-0.05, 0) is 29.9 Å². The molecule has 1 saturated carbocycles. The first-order valence-electron chi connectivity index (χ1n) is 8.24. The molecule has 1 heterocycles. The molecule has 114 valence electrons. The molecule has 1 saturated heterocycles. The van der Waals surface area contributed by atoms with Crippen molar-refractivity contribution in [3.8, 4) is 0 Å². The Bertz CT molecular complexity index is 502. The summed E-state index contributed by atoms with van der Waals surface area (Å²) < 4.78 is 0. The Labute approximate surface area is 127 Å². The van der Waals surface area contributed by atoms with Gasteiger partial charge in [-0.1, -0.05) is 51.0 Å². The van der Waals surface area contributed by atoms with Crippen LogP contribution in [0.4, 0.5) is 0 Å². The van der Waals surface area contributed by atoms with Gasteiger partial charge >= 0.3 is 0 Å². The van der Waals surface area contributed by atoms with Gasteiger partial charge in [-0.15, -0.1) is 0 Å². The van der Waals surface area contributed by atoms with Gasteiger partial charge in [0.05, 0.1) is 6.04 Å². The molecular weight excluding hydrogens is 260 g/mol. The van der Waals surface area contributed by atoms with Crippen molar-refractivity contribution in [1.29, 1.82) is 0 Å². The zero-order valence-corrected chi connectivity index (χ0v) is 13.1. The third-order valence-electron chi connectivity index (χ3n) is 5.07. The Morgan fingerprint density at radius 1 is 1.14 bits per heavy atom. The van der Waals surface area contributed by atoms with Gasteiger partial charge in [0.25, 0.3) is 0 Å². The maximum Gasteiger partial charge on any atom is 0.225 e. The monoisotopic (exact) mass is 286 g/mol. The van der Waals surface area contributed by atoms with Gasteiger partial charge in [0.15, 0.2) is 0 Å². The molecule has 1 aliphatic heterocycles. The molecule has 2 fully saturated rings. The second kappa shape index (κ2) is 5.80. The van der Waals surface area contributed by atoms with Crippen LogP contribution in [0.2, 0.25) is 0 Å². The summed E-state index contributed by atoms with van der Waals surface area (Å²) in [5.41, 5.74) is 8.83. The Kier molecular flexibility index (Phi) is 4.03. The van der Waals surface area contributed by atoms with E-state index in [-0.39, 0.29) is 18.0 Å². The summed E-state index contributed by atoms with van der Waals surface area (Å²) in [6.45, 7) is 4.40. The van der Waals surface area contributed by atoms with Crippen molar-refractivity contribution in [2.24, 2.45) is 5.73 Å². The minimum Gasteiger partial charge on any atom is -0.331 e. The van der Waals surface area contributed by atoms with Crippen LogP contribution in [0.5, 0.6) is 0 Å². The summed E-state index contributed by atoms with van der Waals surface area (Å²) in [6.07, 6.45) is 5.25. The predicted molar refractivity (Wildman–Crippen MR) is 85.0 cm³/mol. The molecule has 2 atom stereocenters. The van der Waals surface area contributed by atoms with Gasteiger partial charge in [0.1, 0.15) is 0 Å². The van der Waals surface area contributed by atoms with Crippen molar-refractivity contribution < 1.29 is 4.79 Å². The van der Waals surface area contributed by atoms with Crippen LogP contribution in [0.3, 0.4) is 0 Å². The smallest absolute Gasteiger partial charge is 0.225 e. The number of hydrogen-bond donors (Lipinski definition) is 1. The zero-order chi connectivity index (χ0) is 15.0. The number of rotatable bonds is 3. The van der Waals surface area contributed by atoms with Crippen molar-refractivity contribution >= 4 is 5.91 Å². The molecule has 2 aliphatic rings. The van der Waals surface area contributed by atoms with Gasteiger partial charge in [-0.2, -0.15) is 0 Å². The Hall–Kier alpha value is -1.35. The number of nitrogens with two attached hydrogens (primary N) is 1. The second-order valence-corrected chi connectivity index (χ2v) is 6.87. The lowest BCUT2D eigenvalue weighted by Crippen LogP contribution is -2.39. The molecule has 3 nitrogen and oxygen atoms in total. The van der Waals surface area contributed by atoms with E-state index < -0.39 is 0 Å². The summed E-state index contributed by atoms with van der Waals surface area (Å²) >= 11 is 0. The fraction of sp³-hybridized carbons (Fsp3) is 0.611. The molecule has 2 unspecified atom stereocenters. The Morgan fingerprint density at radius 2 is 1.76 bits per heavy atom. The standard InChI is InChI=1S/C18H26N2O/c1-12(2)13-7-9-14(10-8-13)18-16(19)11-17(21)20(18)15-5-3-4-6-15/h7-10,12,15-16,18H,3-6,11,19H2,1-2H3. The first kappa shape index (κ1) is 14.6. The van der Waals surface area contributed by atoms with Crippen LogP contribution in [-0.4, -0.2) is 22.9 Å². The van der Waals surface area contributed by atoms with Gasteiger partial charge in [-0.3, -0.25) is 4.79 Å². The van der Waals surface area contributed by atoms with Gasteiger partial charge < -0.3 is 10.6 Å². The molecule has 21 heavy (non-hydrogen) atoms. The number of likely N-dealkylation sites (tertiary alicyclic amines) is 1. The summed E-state index contributed by atoms with van der Waals surface area (Å²) in [5, 5.41) is 0. The van der Waals surface area contributed by atoms with Gasteiger partial charge in [-0.25, -0.2) is 0 Å². The van der Waals surface area contributed by atoms with E-state index in [2.05, 4.69) is 43.0 Å². The average molecular weight is 286 g/mol. The summed E-state index contributed by atoms with van der Waals surface area (Å²) in [6, 6.07) is 9.11. The number of amides is 1. The predicted octanol–water partition coefficient (Wildman–Crippen LogP) is 3.35. The maximum absolute atomic E-state index is 12.4. The minimum atomic E-state index is -0.0667. The van der Waals surface area contributed by atoms with E-state index in [1.54, 1.807) is 0 Å². The van der Waals surface area contributed by atoms with E-state index in [1.165, 1.54) is 24.0 Å². The summed E-state index contributed by atoms with van der Waals surface area (Å²) in [5.74, 6) is 0.774. The maximum atomic E-state index is 12.4. The fourth-order valence-electron chi connectivity index (χ4n) is 3.88. The van der Waals surface area contributed by atoms with Crippen LogP contribution in [0.15, 0.2) is 24.3 Å².